The predicted molar refractivity (Wildman–Crippen MR) is 67.3 cm³/mol. The second-order valence-electron chi connectivity index (χ2n) is 4.16. The van der Waals surface area contributed by atoms with E-state index in [2.05, 4.69) is 15.0 Å². The van der Waals surface area contributed by atoms with Crippen LogP contribution in [0.4, 0.5) is 5.82 Å². The van der Waals surface area contributed by atoms with E-state index >= 15 is 0 Å². The highest BCUT2D eigenvalue weighted by Gasteiger charge is 2.17. The Bertz CT molecular complexity index is 624. The first-order valence-electron chi connectivity index (χ1n) is 5.51. The molecular weight excluding hydrogens is 273 g/mol. The Morgan fingerprint density at radius 3 is 2.79 bits per heavy atom. The topological polar surface area (TPSA) is 147 Å². The number of nitrogens with two attached hydrogens (primary N) is 1. The van der Waals surface area contributed by atoms with Crippen molar-refractivity contribution in [1.29, 1.82) is 0 Å². The number of nitrogens with zero attached hydrogens (tertiary/aromatic N) is 4. The summed E-state index contributed by atoms with van der Waals surface area (Å²) < 4.78 is 12.3. The van der Waals surface area contributed by atoms with E-state index in [-0.39, 0.29) is 24.9 Å². The molecule has 0 aromatic carbocycles. The third kappa shape index (κ3) is 3.48. The van der Waals surface area contributed by atoms with Gasteiger partial charge in [0.15, 0.2) is 11.5 Å². The Labute approximate surface area is 108 Å². The highest BCUT2D eigenvalue weighted by molar-refractivity contribution is 7.51. The van der Waals surface area contributed by atoms with Crippen LogP contribution in [0.15, 0.2) is 12.7 Å². The smallest absolute Gasteiger partial charge is 0.325 e. The normalized spacial score (nSPS) is 13.8. The molecule has 0 spiro atoms. The fraction of sp³-hybridized carbons (Fsp3) is 0.444. The molecule has 0 saturated carbocycles. The van der Waals surface area contributed by atoms with Gasteiger partial charge in [0.05, 0.1) is 25.1 Å². The molecule has 2 aromatic rings. The van der Waals surface area contributed by atoms with Crippen LogP contribution in [0.5, 0.6) is 0 Å². The van der Waals surface area contributed by atoms with Gasteiger partial charge in [0.1, 0.15) is 11.8 Å². The fourth-order valence-electron chi connectivity index (χ4n) is 1.67. The van der Waals surface area contributed by atoms with Crippen LogP contribution in [0.3, 0.4) is 0 Å². The van der Waals surface area contributed by atoms with Crippen molar-refractivity contribution in [1.82, 2.24) is 19.5 Å². The lowest BCUT2D eigenvalue weighted by molar-refractivity contribution is 0.149. The number of nitrogen functional groups attached to an aromatic ring is 1. The lowest BCUT2D eigenvalue weighted by atomic mass is 10.3. The summed E-state index contributed by atoms with van der Waals surface area (Å²) in [6, 6.07) is 0. The molecule has 10 heteroatoms. The molecule has 0 aliphatic rings. The summed E-state index contributed by atoms with van der Waals surface area (Å²) in [6.45, 7) is 0.132. The average Bonchev–Trinajstić information content (AvgIpc) is 2.71. The number of imidazole rings is 1. The van der Waals surface area contributed by atoms with E-state index in [0.717, 1.165) is 0 Å². The summed E-state index contributed by atoms with van der Waals surface area (Å²) >= 11 is 0. The van der Waals surface area contributed by atoms with Crippen LogP contribution < -0.4 is 5.73 Å². The minimum absolute atomic E-state index is 0.00941. The third-order valence-electron chi connectivity index (χ3n) is 2.59. The van der Waals surface area contributed by atoms with E-state index in [9.17, 15) is 9.67 Å². The predicted octanol–water partition coefficient (Wildman–Crippen LogP) is -0.663. The molecule has 0 saturated heterocycles. The van der Waals surface area contributed by atoms with Crippen molar-refractivity contribution in [2.45, 2.75) is 19.1 Å². The van der Waals surface area contributed by atoms with Crippen molar-refractivity contribution in [3.8, 4) is 0 Å². The number of aliphatic hydroxyl groups is 1. The number of fused-ring (bicyclic) bond motifs is 1. The van der Waals surface area contributed by atoms with E-state index in [1.54, 1.807) is 4.57 Å². The minimum atomic E-state index is -4.10. The van der Waals surface area contributed by atoms with Gasteiger partial charge in [-0.15, -0.1) is 0 Å². The molecule has 2 aromatic heterocycles. The highest BCUT2D eigenvalue weighted by atomic mass is 31.2. The Morgan fingerprint density at radius 1 is 1.37 bits per heavy atom. The summed E-state index contributed by atoms with van der Waals surface area (Å²) in [4.78, 5) is 29.3. The van der Waals surface area contributed by atoms with Gasteiger partial charge in [-0.3, -0.25) is 4.57 Å². The maximum Gasteiger partial charge on any atom is 0.325 e. The molecule has 104 valence electrons. The maximum absolute atomic E-state index is 10.7. The molecule has 19 heavy (non-hydrogen) atoms. The summed E-state index contributed by atoms with van der Waals surface area (Å²) in [7, 11) is -4.10. The van der Waals surface area contributed by atoms with Gasteiger partial charge in [0.25, 0.3) is 0 Å². The Morgan fingerprint density at radius 2 is 2.11 bits per heavy atom. The van der Waals surface area contributed by atoms with Crippen LogP contribution in [-0.2, 0) is 11.1 Å². The van der Waals surface area contributed by atoms with E-state index < -0.39 is 13.7 Å². The molecule has 2 rings (SSSR count). The SMILES string of the molecule is Nc1ncnc2c1ncn2C[C@@H](O)CCP(=O)(O)O. The maximum atomic E-state index is 10.7. The number of hydrogen-bond donors (Lipinski definition) is 4. The van der Waals surface area contributed by atoms with Gasteiger partial charge in [-0.25, -0.2) is 15.0 Å². The van der Waals surface area contributed by atoms with E-state index in [4.69, 9.17) is 15.5 Å². The van der Waals surface area contributed by atoms with Crippen molar-refractivity contribution in [3.05, 3.63) is 12.7 Å². The largest absolute Gasteiger partial charge is 0.391 e. The van der Waals surface area contributed by atoms with Gasteiger partial charge in [0.2, 0.25) is 0 Å². The number of aromatic nitrogens is 4. The van der Waals surface area contributed by atoms with Gasteiger partial charge in [-0.1, -0.05) is 0 Å². The molecule has 9 nitrogen and oxygen atoms in total. The fourth-order valence-corrected chi connectivity index (χ4v) is 2.30. The molecule has 5 N–H and O–H groups in total. The van der Waals surface area contributed by atoms with Gasteiger partial charge in [-0.2, -0.15) is 0 Å². The summed E-state index contributed by atoms with van der Waals surface area (Å²) in [5, 5.41) is 9.75. The molecular formula is C9H14N5O4P. The van der Waals surface area contributed by atoms with Crippen molar-refractivity contribution < 1.29 is 19.5 Å². The van der Waals surface area contributed by atoms with E-state index in [1.807, 2.05) is 0 Å². The monoisotopic (exact) mass is 287 g/mol. The van der Waals surface area contributed by atoms with Crippen molar-refractivity contribution in [2.75, 3.05) is 11.9 Å². The second kappa shape index (κ2) is 5.22. The number of rotatable bonds is 5. The van der Waals surface area contributed by atoms with Crippen LogP contribution >= 0.6 is 7.60 Å². The molecule has 0 unspecified atom stereocenters. The summed E-state index contributed by atoms with van der Waals surface area (Å²) in [6.07, 6.45) is 1.47. The van der Waals surface area contributed by atoms with Crippen LogP contribution in [0.1, 0.15) is 6.42 Å². The van der Waals surface area contributed by atoms with Crippen LogP contribution in [0.2, 0.25) is 0 Å². The summed E-state index contributed by atoms with van der Waals surface area (Å²) in [5.41, 5.74) is 6.53. The lowest BCUT2D eigenvalue weighted by Gasteiger charge is -2.12. The van der Waals surface area contributed by atoms with Crippen molar-refractivity contribution in [2.24, 2.45) is 0 Å². The number of aliphatic hydroxyl groups excluding tert-OH is 1. The van der Waals surface area contributed by atoms with Gasteiger partial charge >= 0.3 is 7.60 Å². The Hall–Kier alpha value is -1.54. The van der Waals surface area contributed by atoms with Crippen molar-refractivity contribution in [3.63, 3.8) is 0 Å². The molecule has 0 fully saturated rings. The standard InChI is InChI=1S/C9H14N5O4P/c10-8-7-9(12-4-11-8)14(5-13-7)3-6(15)1-2-19(16,17)18/h4-6,15H,1-3H2,(H2,10,11,12)(H2,16,17,18)/t6-/m0/s1. The molecule has 2 heterocycles. The van der Waals surface area contributed by atoms with Gasteiger partial charge in [-0.05, 0) is 6.42 Å². The Balaban J connectivity index is 2.09. The molecule has 1 atom stereocenters. The molecule has 0 radical (unpaired) electrons. The number of hydrogen-bond acceptors (Lipinski definition) is 6. The Kier molecular flexibility index (Phi) is 3.81. The van der Waals surface area contributed by atoms with Gasteiger partial charge in [0, 0.05) is 0 Å². The van der Waals surface area contributed by atoms with Crippen LogP contribution in [-0.4, -0.2) is 46.7 Å². The first kappa shape index (κ1) is 13.9. The first-order valence-corrected chi connectivity index (χ1v) is 7.30. The van der Waals surface area contributed by atoms with Crippen molar-refractivity contribution >= 4 is 24.6 Å². The van der Waals surface area contributed by atoms with E-state index in [1.165, 1.54) is 12.7 Å². The molecule has 0 amide bonds. The molecule has 0 aliphatic carbocycles. The zero-order chi connectivity index (χ0) is 14.0. The zero-order valence-electron chi connectivity index (χ0n) is 9.92. The van der Waals surface area contributed by atoms with E-state index in [0.29, 0.717) is 11.2 Å². The van der Waals surface area contributed by atoms with Crippen LogP contribution in [0, 0.1) is 0 Å². The third-order valence-corrected chi connectivity index (χ3v) is 3.43. The first-order chi connectivity index (χ1) is 8.87. The quantitative estimate of drug-likeness (QED) is 0.529. The second-order valence-corrected chi connectivity index (χ2v) is 5.94. The van der Waals surface area contributed by atoms with Crippen LogP contribution in [0.25, 0.3) is 11.2 Å². The highest BCUT2D eigenvalue weighted by Crippen LogP contribution is 2.35. The molecule has 0 aliphatic heterocycles. The number of anilines is 1. The minimum Gasteiger partial charge on any atom is -0.391 e. The zero-order valence-corrected chi connectivity index (χ0v) is 10.8. The lowest BCUT2D eigenvalue weighted by Crippen LogP contribution is -2.17. The van der Waals surface area contributed by atoms with Gasteiger partial charge < -0.3 is 25.2 Å². The summed E-state index contributed by atoms with van der Waals surface area (Å²) in [5.74, 6) is 0.244. The average molecular weight is 287 g/mol. The molecule has 0 bridgehead atoms.